The molecule has 1 unspecified atom stereocenters. The average Bonchev–Trinajstić information content (AvgIpc) is 2.35. The van der Waals surface area contributed by atoms with Crippen molar-refractivity contribution in [3.05, 3.63) is 29.8 Å². The van der Waals surface area contributed by atoms with Crippen LogP contribution in [0.2, 0.25) is 0 Å². The van der Waals surface area contributed by atoms with Crippen LogP contribution in [-0.2, 0) is 0 Å². The molecule has 0 aliphatic rings. The second kappa shape index (κ2) is 8.06. The van der Waals surface area contributed by atoms with Gasteiger partial charge in [-0.05, 0) is 24.5 Å². The molecule has 1 rings (SSSR count). The topological polar surface area (TPSA) is 12.0 Å². The number of hydrogen-bond donors (Lipinski definition) is 1. The number of nitrogens with one attached hydrogen (secondary N) is 1. The number of unbranched alkanes of at least 4 members (excludes halogenated alkanes) is 2. The van der Waals surface area contributed by atoms with E-state index in [1.165, 1.54) is 37.8 Å². The summed E-state index contributed by atoms with van der Waals surface area (Å²) >= 11 is 0. The third-order valence-corrected chi connectivity index (χ3v) is 3.31. The van der Waals surface area contributed by atoms with Crippen LogP contribution in [0.15, 0.2) is 18.2 Å². The molecule has 0 saturated heterocycles. The van der Waals surface area contributed by atoms with E-state index in [1.54, 1.807) is 0 Å². The molecular weight excluding hydrogens is 232 g/mol. The maximum absolute atomic E-state index is 13.4. The fourth-order valence-corrected chi connectivity index (χ4v) is 2.02. The van der Waals surface area contributed by atoms with Gasteiger partial charge in [-0.3, -0.25) is 0 Å². The van der Waals surface area contributed by atoms with Crippen LogP contribution in [0.1, 0.15) is 46.0 Å². The molecule has 0 spiro atoms. The Balaban J connectivity index is 2.41. The van der Waals surface area contributed by atoms with Gasteiger partial charge in [0.2, 0.25) is 0 Å². The van der Waals surface area contributed by atoms with Gasteiger partial charge in [0.25, 0.3) is 0 Å². The summed E-state index contributed by atoms with van der Waals surface area (Å²) in [5.74, 6) is -0.493. The standard InChI is InChI=1S/C15H23F2N/c1-3-5-6-7-12(4-2)11-18-15-9-8-13(16)10-14(15)17/h8-10,12,18H,3-7,11H2,1-2H3. The first-order valence-corrected chi connectivity index (χ1v) is 6.86. The molecule has 1 aromatic rings. The summed E-state index contributed by atoms with van der Waals surface area (Å²) in [6, 6.07) is 3.66. The van der Waals surface area contributed by atoms with E-state index in [9.17, 15) is 8.78 Å². The molecule has 1 nitrogen and oxygen atoms in total. The summed E-state index contributed by atoms with van der Waals surface area (Å²) in [4.78, 5) is 0. The minimum Gasteiger partial charge on any atom is -0.382 e. The van der Waals surface area contributed by atoms with E-state index < -0.39 is 11.6 Å². The second-order valence-corrected chi connectivity index (χ2v) is 4.78. The summed E-state index contributed by atoms with van der Waals surface area (Å²) in [7, 11) is 0. The van der Waals surface area contributed by atoms with Crippen molar-refractivity contribution in [1.29, 1.82) is 0 Å². The molecule has 0 fully saturated rings. The number of benzene rings is 1. The molecule has 0 amide bonds. The molecule has 0 heterocycles. The first kappa shape index (κ1) is 14.9. The van der Waals surface area contributed by atoms with Crippen LogP contribution in [0, 0.1) is 17.6 Å². The molecule has 3 heteroatoms. The summed E-state index contributed by atoms with van der Waals surface area (Å²) in [5.41, 5.74) is 0.394. The van der Waals surface area contributed by atoms with Crippen LogP contribution >= 0.6 is 0 Å². The Morgan fingerprint density at radius 2 is 1.94 bits per heavy atom. The molecule has 18 heavy (non-hydrogen) atoms. The highest BCUT2D eigenvalue weighted by Crippen LogP contribution is 2.18. The van der Waals surface area contributed by atoms with Crippen molar-refractivity contribution in [2.75, 3.05) is 11.9 Å². The number of anilines is 1. The van der Waals surface area contributed by atoms with Crippen LogP contribution in [0.25, 0.3) is 0 Å². The van der Waals surface area contributed by atoms with Gasteiger partial charge in [0, 0.05) is 12.6 Å². The van der Waals surface area contributed by atoms with Gasteiger partial charge in [-0.25, -0.2) is 8.78 Å². The largest absolute Gasteiger partial charge is 0.382 e. The smallest absolute Gasteiger partial charge is 0.149 e. The van der Waals surface area contributed by atoms with Crippen LogP contribution in [-0.4, -0.2) is 6.54 Å². The van der Waals surface area contributed by atoms with Crippen molar-refractivity contribution in [3.8, 4) is 0 Å². The minimum atomic E-state index is -0.534. The molecule has 1 aromatic carbocycles. The maximum atomic E-state index is 13.4. The first-order valence-electron chi connectivity index (χ1n) is 6.86. The van der Waals surface area contributed by atoms with Gasteiger partial charge in [0.15, 0.2) is 0 Å². The molecule has 0 aliphatic heterocycles. The molecule has 1 atom stereocenters. The van der Waals surface area contributed by atoms with Crippen molar-refractivity contribution in [2.45, 2.75) is 46.0 Å². The fourth-order valence-electron chi connectivity index (χ4n) is 2.02. The van der Waals surface area contributed by atoms with Crippen molar-refractivity contribution in [3.63, 3.8) is 0 Å². The quantitative estimate of drug-likeness (QED) is 0.646. The maximum Gasteiger partial charge on any atom is 0.149 e. The minimum absolute atomic E-state index is 0.394. The molecule has 102 valence electrons. The lowest BCUT2D eigenvalue weighted by atomic mass is 9.98. The molecule has 0 aliphatic carbocycles. The summed E-state index contributed by atoms with van der Waals surface area (Å²) < 4.78 is 26.2. The molecular formula is C15H23F2N. The number of halogens is 2. The van der Waals surface area contributed by atoms with Crippen LogP contribution in [0.5, 0.6) is 0 Å². The Bertz CT molecular complexity index is 352. The highest BCUT2D eigenvalue weighted by Gasteiger charge is 2.08. The SMILES string of the molecule is CCCCCC(CC)CNc1ccc(F)cc1F. The highest BCUT2D eigenvalue weighted by molar-refractivity contribution is 5.44. The van der Waals surface area contributed by atoms with Gasteiger partial charge >= 0.3 is 0 Å². The van der Waals surface area contributed by atoms with Crippen molar-refractivity contribution >= 4 is 5.69 Å². The third kappa shape index (κ3) is 5.03. The van der Waals surface area contributed by atoms with Gasteiger partial charge in [0.1, 0.15) is 11.6 Å². The van der Waals surface area contributed by atoms with Gasteiger partial charge in [-0.2, -0.15) is 0 Å². The van der Waals surface area contributed by atoms with E-state index in [0.717, 1.165) is 19.0 Å². The Morgan fingerprint density at radius 1 is 1.17 bits per heavy atom. The van der Waals surface area contributed by atoms with E-state index in [0.29, 0.717) is 11.6 Å². The highest BCUT2D eigenvalue weighted by atomic mass is 19.1. The van der Waals surface area contributed by atoms with E-state index in [4.69, 9.17) is 0 Å². The van der Waals surface area contributed by atoms with Crippen LogP contribution in [0.4, 0.5) is 14.5 Å². The van der Waals surface area contributed by atoms with Gasteiger partial charge in [-0.1, -0.05) is 39.5 Å². The summed E-state index contributed by atoms with van der Waals surface area (Å²) in [6.45, 7) is 5.09. The normalized spacial score (nSPS) is 12.4. The molecule has 0 saturated carbocycles. The zero-order chi connectivity index (χ0) is 13.4. The Hall–Kier alpha value is -1.12. The first-order chi connectivity index (χ1) is 8.67. The third-order valence-electron chi connectivity index (χ3n) is 3.31. The van der Waals surface area contributed by atoms with E-state index in [2.05, 4.69) is 19.2 Å². The zero-order valence-corrected chi connectivity index (χ0v) is 11.3. The van der Waals surface area contributed by atoms with E-state index >= 15 is 0 Å². The number of hydrogen-bond acceptors (Lipinski definition) is 1. The van der Waals surface area contributed by atoms with E-state index in [1.807, 2.05) is 0 Å². The predicted molar refractivity (Wildman–Crippen MR) is 72.8 cm³/mol. The summed E-state index contributed by atoms with van der Waals surface area (Å²) in [6.07, 6.45) is 5.94. The Kier molecular flexibility index (Phi) is 6.69. The lowest BCUT2D eigenvalue weighted by molar-refractivity contribution is 0.464. The van der Waals surface area contributed by atoms with Gasteiger partial charge in [-0.15, -0.1) is 0 Å². The second-order valence-electron chi connectivity index (χ2n) is 4.78. The van der Waals surface area contributed by atoms with Crippen LogP contribution in [0.3, 0.4) is 0 Å². The van der Waals surface area contributed by atoms with E-state index in [-0.39, 0.29) is 0 Å². The Labute approximate surface area is 109 Å². The molecule has 0 aromatic heterocycles. The van der Waals surface area contributed by atoms with Crippen LogP contribution < -0.4 is 5.32 Å². The lowest BCUT2D eigenvalue weighted by Crippen LogP contribution is -2.14. The fraction of sp³-hybridized carbons (Fsp3) is 0.600. The Morgan fingerprint density at radius 3 is 2.56 bits per heavy atom. The lowest BCUT2D eigenvalue weighted by Gasteiger charge is -2.16. The molecule has 0 radical (unpaired) electrons. The average molecular weight is 255 g/mol. The van der Waals surface area contributed by atoms with Gasteiger partial charge in [0.05, 0.1) is 5.69 Å². The van der Waals surface area contributed by atoms with Crippen molar-refractivity contribution in [2.24, 2.45) is 5.92 Å². The molecule has 1 N–H and O–H groups in total. The van der Waals surface area contributed by atoms with Gasteiger partial charge < -0.3 is 5.32 Å². The monoisotopic (exact) mass is 255 g/mol. The van der Waals surface area contributed by atoms with Crippen molar-refractivity contribution < 1.29 is 8.78 Å². The predicted octanol–water partition coefficient (Wildman–Crippen LogP) is 4.98. The van der Waals surface area contributed by atoms with Crippen molar-refractivity contribution in [1.82, 2.24) is 0 Å². The number of rotatable bonds is 8. The summed E-state index contributed by atoms with van der Waals surface area (Å²) in [5, 5.41) is 3.08. The molecule has 0 bridgehead atoms. The zero-order valence-electron chi connectivity index (χ0n) is 11.3.